The van der Waals surface area contributed by atoms with Crippen LogP contribution in [0.1, 0.15) is 13.8 Å². The van der Waals surface area contributed by atoms with Crippen molar-refractivity contribution in [3.8, 4) is 0 Å². The molecule has 2 aromatic rings. The molecule has 0 N–H and O–H groups in total. The van der Waals surface area contributed by atoms with E-state index >= 15 is 0 Å². The van der Waals surface area contributed by atoms with Crippen molar-refractivity contribution in [2.24, 2.45) is 0 Å². The number of aromatic nitrogens is 1. The minimum atomic E-state index is 0.421. The monoisotopic (exact) mass is 212 g/mol. The van der Waals surface area contributed by atoms with Crippen molar-refractivity contribution in [2.75, 3.05) is 4.90 Å². The Morgan fingerprint density at radius 3 is 2.00 bits per heavy atom. The van der Waals surface area contributed by atoms with E-state index in [1.165, 1.54) is 11.4 Å². The van der Waals surface area contributed by atoms with Gasteiger partial charge in [0.2, 0.25) is 0 Å². The predicted molar refractivity (Wildman–Crippen MR) is 68.0 cm³/mol. The molecular weight excluding hydrogens is 196 g/mol. The van der Waals surface area contributed by atoms with Crippen LogP contribution in [0.4, 0.5) is 11.4 Å². The summed E-state index contributed by atoms with van der Waals surface area (Å²) in [6.07, 6.45) is 3.65. The average Bonchev–Trinajstić information content (AvgIpc) is 2.31. The third kappa shape index (κ3) is 2.22. The Balaban J connectivity index is 2.40. The fraction of sp³-hybridized carbons (Fsp3) is 0.214. The average molecular weight is 212 g/mol. The van der Waals surface area contributed by atoms with Crippen LogP contribution in [0.15, 0.2) is 54.9 Å². The number of para-hydroxylation sites is 1. The van der Waals surface area contributed by atoms with Crippen LogP contribution in [0.5, 0.6) is 0 Å². The fourth-order valence-corrected chi connectivity index (χ4v) is 1.84. The number of hydrogen-bond acceptors (Lipinski definition) is 2. The molecule has 0 radical (unpaired) electrons. The number of anilines is 2. The normalized spacial score (nSPS) is 10.4. The van der Waals surface area contributed by atoms with Gasteiger partial charge in [0.25, 0.3) is 0 Å². The first-order valence-electron chi connectivity index (χ1n) is 5.53. The van der Waals surface area contributed by atoms with Crippen LogP contribution in [0, 0.1) is 0 Å². The Labute approximate surface area is 96.6 Å². The van der Waals surface area contributed by atoms with E-state index in [-0.39, 0.29) is 0 Å². The van der Waals surface area contributed by atoms with Gasteiger partial charge < -0.3 is 4.90 Å². The summed E-state index contributed by atoms with van der Waals surface area (Å²) < 4.78 is 0. The molecule has 16 heavy (non-hydrogen) atoms. The quantitative estimate of drug-likeness (QED) is 0.772. The zero-order chi connectivity index (χ0) is 11.4. The standard InChI is InChI=1S/C14H16N2/c1-12(2)16(13-6-4-3-5-7-13)14-8-10-15-11-9-14/h3-12H,1-2H3. The van der Waals surface area contributed by atoms with E-state index in [9.17, 15) is 0 Å². The molecule has 0 amide bonds. The Kier molecular flexibility index (Phi) is 3.20. The molecule has 0 spiro atoms. The van der Waals surface area contributed by atoms with Gasteiger partial charge in [0, 0.05) is 29.8 Å². The summed E-state index contributed by atoms with van der Waals surface area (Å²) in [4.78, 5) is 6.35. The molecule has 0 aliphatic rings. The van der Waals surface area contributed by atoms with Gasteiger partial charge in [-0.25, -0.2) is 0 Å². The summed E-state index contributed by atoms with van der Waals surface area (Å²) in [5.41, 5.74) is 2.39. The first-order valence-corrected chi connectivity index (χ1v) is 5.53. The number of pyridine rings is 1. The zero-order valence-electron chi connectivity index (χ0n) is 9.67. The summed E-state index contributed by atoms with van der Waals surface area (Å²) in [5.74, 6) is 0. The lowest BCUT2D eigenvalue weighted by molar-refractivity contribution is 0.788. The Bertz CT molecular complexity index is 384. The maximum Gasteiger partial charge on any atom is 0.0444 e. The number of rotatable bonds is 3. The number of nitrogens with zero attached hydrogens (tertiary/aromatic N) is 2. The maximum atomic E-state index is 4.05. The third-order valence-electron chi connectivity index (χ3n) is 2.49. The van der Waals surface area contributed by atoms with Crippen molar-refractivity contribution in [1.82, 2.24) is 4.98 Å². The zero-order valence-corrected chi connectivity index (χ0v) is 9.67. The van der Waals surface area contributed by atoms with Gasteiger partial charge in [0.05, 0.1) is 0 Å². The maximum absolute atomic E-state index is 4.05. The van der Waals surface area contributed by atoms with Crippen molar-refractivity contribution in [1.29, 1.82) is 0 Å². The van der Waals surface area contributed by atoms with Crippen LogP contribution >= 0.6 is 0 Å². The molecule has 1 aromatic carbocycles. The molecule has 2 heteroatoms. The molecule has 0 aliphatic carbocycles. The second-order valence-corrected chi connectivity index (χ2v) is 4.00. The molecule has 0 unspecified atom stereocenters. The van der Waals surface area contributed by atoms with Crippen LogP contribution in [-0.4, -0.2) is 11.0 Å². The first-order chi connectivity index (χ1) is 7.79. The van der Waals surface area contributed by atoms with Crippen LogP contribution < -0.4 is 4.90 Å². The van der Waals surface area contributed by atoms with Gasteiger partial charge >= 0.3 is 0 Å². The van der Waals surface area contributed by atoms with Crippen LogP contribution in [0.25, 0.3) is 0 Å². The Hall–Kier alpha value is -1.83. The minimum absolute atomic E-state index is 0.421. The molecule has 82 valence electrons. The summed E-state index contributed by atoms with van der Waals surface area (Å²) in [6, 6.07) is 14.9. The topological polar surface area (TPSA) is 16.1 Å². The summed E-state index contributed by atoms with van der Waals surface area (Å²) >= 11 is 0. The molecule has 2 rings (SSSR count). The first kappa shape index (κ1) is 10.7. The molecule has 0 atom stereocenters. The van der Waals surface area contributed by atoms with Gasteiger partial charge in [-0.2, -0.15) is 0 Å². The molecule has 0 saturated heterocycles. The molecule has 0 aliphatic heterocycles. The smallest absolute Gasteiger partial charge is 0.0444 e. The van der Waals surface area contributed by atoms with Gasteiger partial charge in [-0.15, -0.1) is 0 Å². The van der Waals surface area contributed by atoms with E-state index in [4.69, 9.17) is 0 Å². The highest BCUT2D eigenvalue weighted by molar-refractivity contribution is 5.63. The van der Waals surface area contributed by atoms with E-state index in [0.29, 0.717) is 6.04 Å². The van der Waals surface area contributed by atoms with E-state index in [0.717, 1.165) is 0 Å². The van der Waals surface area contributed by atoms with Gasteiger partial charge in [-0.3, -0.25) is 4.98 Å². The minimum Gasteiger partial charge on any atom is -0.339 e. The molecule has 2 nitrogen and oxygen atoms in total. The molecule has 0 saturated carbocycles. The number of hydrogen-bond donors (Lipinski definition) is 0. The van der Waals surface area contributed by atoms with E-state index < -0.39 is 0 Å². The Morgan fingerprint density at radius 2 is 1.44 bits per heavy atom. The second kappa shape index (κ2) is 4.79. The van der Waals surface area contributed by atoms with E-state index in [1.807, 2.05) is 30.6 Å². The second-order valence-electron chi connectivity index (χ2n) is 4.00. The molecule has 1 aromatic heterocycles. The van der Waals surface area contributed by atoms with Crippen molar-refractivity contribution < 1.29 is 0 Å². The predicted octanol–water partition coefficient (Wildman–Crippen LogP) is 3.63. The molecule has 0 bridgehead atoms. The van der Waals surface area contributed by atoms with Gasteiger partial charge in [-0.1, -0.05) is 18.2 Å². The highest BCUT2D eigenvalue weighted by Gasteiger charge is 2.11. The van der Waals surface area contributed by atoms with Crippen molar-refractivity contribution in [2.45, 2.75) is 19.9 Å². The molecular formula is C14H16N2. The molecule has 0 fully saturated rings. The lowest BCUT2D eigenvalue weighted by Crippen LogP contribution is -2.25. The van der Waals surface area contributed by atoms with Crippen molar-refractivity contribution in [3.63, 3.8) is 0 Å². The summed E-state index contributed by atoms with van der Waals surface area (Å²) in [5, 5.41) is 0. The van der Waals surface area contributed by atoms with Crippen LogP contribution in [-0.2, 0) is 0 Å². The lowest BCUT2D eigenvalue weighted by atomic mass is 10.2. The third-order valence-corrected chi connectivity index (χ3v) is 2.49. The highest BCUT2D eigenvalue weighted by atomic mass is 15.2. The van der Waals surface area contributed by atoms with Gasteiger partial charge in [-0.05, 0) is 38.1 Å². The van der Waals surface area contributed by atoms with Crippen LogP contribution in [0.3, 0.4) is 0 Å². The largest absolute Gasteiger partial charge is 0.339 e. The van der Waals surface area contributed by atoms with Crippen molar-refractivity contribution in [3.05, 3.63) is 54.9 Å². The summed E-state index contributed by atoms with van der Waals surface area (Å²) in [7, 11) is 0. The SMILES string of the molecule is CC(C)N(c1ccccc1)c1ccncc1. The van der Waals surface area contributed by atoms with E-state index in [1.54, 1.807) is 0 Å². The van der Waals surface area contributed by atoms with E-state index in [2.05, 4.69) is 48.0 Å². The highest BCUT2D eigenvalue weighted by Crippen LogP contribution is 2.26. The lowest BCUT2D eigenvalue weighted by Gasteiger charge is -2.28. The summed E-state index contributed by atoms with van der Waals surface area (Å²) in [6.45, 7) is 4.38. The Morgan fingerprint density at radius 1 is 0.875 bits per heavy atom. The number of benzene rings is 1. The van der Waals surface area contributed by atoms with Gasteiger partial charge in [0.1, 0.15) is 0 Å². The molecule has 1 heterocycles. The van der Waals surface area contributed by atoms with Crippen LogP contribution in [0.2, 0.25) is 0 Å². The van der Waals surface area contributed by atoms with Crippen molar-refractivity contribution >= 4 is 11.4 Å². The van der Waals surface area contributed by atoms with Gasteiger partial charge in [0.15, 0.2) is 0 Å². The fourth-order valence-electron chi connectivity index (χ4n) is 1.84.